The van der Waals surface area contributed by atoms with Crippen molar-refractivity contribution in [3.8, 4) is 22.3 Å². The van der Waals surface area contributed by atoms with Gasteiger partial charge in [0, 0.05) is 0 Å². The molecule has 174 valence electrons. The minimum Gasteiger partial charge on any atom is -0.101 e. The third-order valence-corrected chi connectivity index (χ3v) is 8.75. The average Bonchev–Trinajstić information content (AvgIpc) is 2.97. The predicted molar refractivity (Wildman–Crippen MR) is 180 cm³/mol. The summed E-state index contributed by atoms with van der Waals surface area (Å²) < 4.78 is 0. The van der Waals surface area contributed by atoms with Crippen molar-refractivity contribution in [1.29, 1.82) is 0 Å². The molecule has 0 aliphatic carbocycles. The van der Waals surface area contributed by atoms with Crippen LogP contribution in [0.5, 0.6) is 0 Å². The minimum atomic E-state index is 1.27. The van der Waals surface area contributed by atoms with Gasteiger partial charge in [-0.05, 0) is 71.4 Å². The minimum absolute atomic E-state index is 1.27. The van der Waals surface area contributed by atoms with E-state index in [1.165, 1.54) is 87.2 Å². The molecule has 7 aromatic carbocycles. The van der Waals surface area contributed by atoms with Crippen molar-refractivity contribution >= 4 is 96.3 Å². The Bertz CT molecular complexity index is 2060. The van der Waals surface area contributed by atoms with Crippen molar-refractivity contribution in [3.05, 3.63) is 109 Å². The van der Waals surface area contributed by atoms with E-state index < -0.39 is 0 Å². The van der Waals surface area contributed by atoms with Gasteiger partial charge in [-0.25, -0.2) is 0 Å². The first-order chi connectivity index (χ1) is 18.6. The van der Waals surface area contributed by atoms with Gasteiger partial charge in [-0.1, -0.05) is 114 Å². The molecule has 0 aromatic heterocycles. The van der Waals surface area contributed by atoms with Crippen LogP contribution in [0.1, 0.15) is 0 Å². The summed E-state index contributed by atoms with van der Waals surface area (Å²) in [5.74, 6) is 0. The summed E-state index contributed by atoms with van der Waals surface area (Å²) in [6.45, 7) is 0. The van der Waals surface area contributed by atoms with Crippen LogP contribution in [0, 0.1) is 0 Å². The molecule has 0 amide bonds. The maximum atomic E-state index is 2.42. The average molecular weight is 478 g/mol. The molecule has 0 N–H and O–H groups in total. The fraction of sp³-hybridized carbons (Fsp3) is 0. The van der Waals surface area contributed by atoms with E-state index in [9.17, 15) is 0 Å². The molecule has 0 saturated heterocycles. The highest BCUT2D eigenvalue weighted by Crippen LogP contribution is 2.45. The monoisotopic (exact) mass is 478 g/mol. The van der Waals surface area contributed by atoms with E-state index in [2.05, 4.69) is 141 Å². The first-order valence-corrected chi connectivity index (χ1v) is 13.5. The molecule has 38 heavy (non-hydrogen) atoms. The summed E-state index contributed by atoms with van der Waals surface area (Å²) in [6.07, 6.45) is 0. The van der Waals surface area contributed by atoms with E-state index >= 15 is 0 Å². The smallest absolute Gasteiger partial charge is 0.101 e. The molecule has 0 radical (unpaired) electrons. The number of fused-ring (bicyclic) bond motifs is 5. The summed E-state index contributed by atoms with van der Waals surface area (Å²) in [6, 6.07) is 40.1. The Labute approximate surface area is 227 Å². The van der Waals surface area contributed by atoms with E-state index in [1.807, 2.05) is 0 Å². The van der Waals surface area contributed by atoms with Crippen LogP contribution in [0.15, 0.2) is 109 Å². The summed E-state index contributed by atoms with van der Waals surface area (Å²) in [7, 11) is 9.21. The summed E-state index contributed by atoms with van der Waals surface area (Å²) in [5, 5.41) is 10.6. The zero-order valence-corrected chi connectivity index (χ0v) is 22.4. The Morgan fingerprint density at radius 3 is 1.50 bits per heavy atom. The lowest BCUT2D eigenvalue weighted by atomic mass is 9.62. The van der Waals surface area contributed by atoms with Crippen LogP contribution >= 0.6 is 0 Å². The van der Waals surface area contributed by atoms with Crippen LogP contribution in [-0.2, 0) is 0 Å². The summed E-state index contributed by atoms with van der Waals surface area (Å²) in [5.41, 5.74) is 10.8. The Balaban J connectivity index is 1.81. The first kappa shape index (κ1) is 23.0. The highest BCUT2D eigenvalue weighted by atomic mass is 14.2. The molecule has 4 heteroatoms. The van der Waals surface area contributed by atoms with Gasteiger partial charge in [0.2, 0.25) is 0 Å². The van der Waals surface area contributed by atoms with Crippen molar-refractivity contribution in [2.75, 3.05) is 0 Å². The molecule has 0 bridgehead atoms. The van der Waals surface area contributed by atoms with Crippen molar-refractivity contribution in [2.45, 2.75) is 0 Å². The molecular weight excluding hydrogens is 452 g/mol. The molecule has 0 saturated carbocycles. The molecule has 0 unspecified atom stereocenters. The normalized spacial score (nSPS) is 11.6. The second-order valence-electron chi connectivity index (χ2n) is 10.6. The quantitative estimate of drug-likeness (QED) is 0.204. The van der Waals surface area contributed by atoms with Gasteiger partial charge in [-0.2, -0.15) is 0 Å². The molecular formula is C34H26B4. The summed E-state index contributed by atoms with van der Waals surface area (Å²) in [4.78, 5) is 0. The molecule has 0 atom stereocenters. The third kappa shape index (κ3) is 3.23. The van der Waals surface area contributed by atoms with Crippen LogP contribution in [-0.4, -0.2) is 31.4 Å². The van der Waals surface area contributed by atoms with E-state index in [4.69, 9.17) is 0 Å². The maximum absolute atomic E-state index is 2.42. The Hall–Kier alpha value is -4.16. The largest absolute Gasteiger partial charge is 0.139 e. The van der Waals surface area contributed by atoms with Gasteiger partial charge in [-0.15, -0.1) is 10.9 Å². The lowest BCUT2D eigenvalue weighted by Crippen LogP contribution is -2.48. The van der Waals surface area contributed by atoms with Crippen LogP contribution in [0.2, 0.25) is 0 Å². The van der Waals surface area contributed by atoms with Gasteiger partial charge in [0.1, 0.15) is 31.4 Å². The maximum Gasteiger partial charge on any atom is 0.139 e. The van der Waals surface area contributed by atoms with Crippen LogP contribution < -0.4 is 21.9 Å². The van der Waals surface area contributed by atoms with Gasteiger partial charge in [0.15, 0.2) is 0 Å². The zero-order chi connectivity index (χ0) is 26.0. The van der Waals surface area contributed by atoms with E-state index in [-0.39, 0.29) is 0 Å². The van der Waals surface area contributed by atoms with Crippen molar-refractivity contribution in [3.63, 3.8) is 0 Å². The molecule has 0 nitrogen and oxygen atoms in total. The van der Waals surface area contributed by atoms with E-state index in [1.54, 1.807) is 0 Å². The second-order valence-corrected chi connectivity index (χ2v) is 10.6. The topological polar surface area (TPSA) is 0 Å². The predicted octanol–water partition coefficient (Wildman–Crippen LogP) is 2.67. The molecule has 0 aliphatic rings. The lowest BCUT2D eigenvalue weighted by molar-refractivity contribution is 1.68. The van der Waals surface area contributed by atoms with Crippen LogP contribution in [0.3, 0.4) is 0 Å². The summed E-state index contributed by atoms with van der Waals surface area (Å²) >= 11 is 0. The molecule has 7 aromatic rings. The Kier molecular flexibility index (Phi) is 5.27. The highest BCUT2D eigenvalue weighted by Gasteiger charge is 2.22. The zero-order valence-electron chi connectivity index (χ0n) is 22.4. The van der Waals surface area contributed by atoms with Crippen molar-refractivity contribution in [2.24, 2.45) is 0 Å². The third-order valence-electron chi connectivity index (χ3n) is 8.75. The number of hydrogen-bond donors (Lipinski definition) is 0. The number of rotatable bonds is 2. The van der Waals surface area contributed by atoms with Crippen LogP contribution in [0.4, 0.5) is 0 Å². The van der Waals surface area contributed by atoms with Crippen molar-refractivity contribution < 1.29 is 0 Å². The van der Waals surface area contributed by atoms with Gasteiger partial charge in [-0.3, -0.25) is 0 Å². The molecule has 0 heterocycles. The SMILES string of the molecule is Bc1c(B)c(B)c2c(-c3cc4ccccc4c4ccccc34)c3ccccc3c(-c3ccccc3)c2c1B. The highest BCUT2D eigenvalue weighted by molar-refractivity contribution is 6.68. The molecule has 7 rings (SSSR count). The number of hydrogen-bond acceptors (Lipinski definition) is 0. The van der Waals surface area contributed by atoms with Gasteiger partial charge < -0.3 is 0 Å². The molecule has 0 fully saturated rings. The lowest BCUT2D eigenvalue weighted by Gasteiger charge is -2.25. The fourth-order valence-corrected chi connectivity index (χ4v) is 6.57. The molecule has 0 aliphatic heterocycles. The fourth-order valence-electron chi connectivity index (χ4n) is 6.57. The Morgan fingerprint density at radius 2 is 0.842 bits per heavy atom. The van der Waals surface area contributed by atoms with Gasteiger partial charge in [0.25, 0.3) is 0 Å². The molecule has 0 spiro atoms. The second kappa shape index (κ2) is 8.71. The standard InChI is InChI=1S/C34H26B4/c35-31-29-27(19-10-2-1-3-11-19)24-16-8-9-17-25(24)28(30(29)32(36)34(38)33(31)37)26-18-20-12-4-5-13-21(20)22-14-6-7-15-23(22)26/h1-18H,35-38H2. The van der Waals surface area contributed by atoms with Gasteiger partial charge in [0.05, 0.1) is 0 Å². The van der Waals surface area contributed by atoms with Crippen molar-refractivity contribution in [1.82, 2.24) is 0 Å². The van der Waals surface area contributed by atoms with Gasteiger partial charge >= 0.3 is 0 Å². The van der Waals surface area contributed by atoms with E-state index in [0.717, 1.165) is 0 Å². The first-order valence-electron chi connectivity index (χ1n) is 13.5. The Morgan fingerprint density at radius 1 is 0.368 bits per heavy atom. The van der Waals surface area contributed by atoms with Crippen LogP contribution in [0.25, 0.3) is 65.3 Å². The van der Waals surface area contributed by atoms with E-state index in [0.29, 0.717) is 0 Å². The number of benzene rings is 7.